The van der Waals surface area contributed by atoms with E-state index in [2.05, 4.69) is 20.0 Å². The summed E-state index contributed by atoms with van der Waals surface area (Å²) >= 11 is 1.98. The van der Waals surface area contributed by atoms with E-state index in [0.717, 1.165) is 10.6 Å². The van der Waals surface area contributed by atoms with Crippen molar-refractivity contribution in [2.24, 2.45) is 0 Å². The predicted molar refractivity (Wildman–Crippen MR) is 61.7 cm³/mol. The van der Waals surface area contributed by atoms with Gasteiger partial charge in [0.2, 0.25) is 0 Å². The molecule has 0 aliphatic heterocycles. The summed E-state index contributed by atoms with van der Waals surface area (Å²) in [6, 6.07) is 0. The van der Waals surface area contributed by atoms with Crippen molar-refractivity contribution in [3.8, 4) is 0 Å². The molecule has 0 aromatic carbocycles. The lowest BCUT2D eigenvalue weighted by Gasteiger charge is -2.18. The molecule has 0 aromatic heterocycles. The third kappa shape index (κ3) is 6.09. The molecule has 0 saturated carbocycles. The Bertz CT molecular complexity index is 90.5. The van der Waals surface area contributed by atoms with Crippen LogP contribution in [0.25, 0.3) is 0 Å². The Morgan fingerprint density at radius 1 is 1.42 bits per heavy atom. The van der Waals surface area contributed by atoms with Crippen LogP contribution in [-0.2, 0) is 0 Å². The monoisotopic (exact) mass is 206 g/mol. The fourth-order valence-electron chi connectivity index (χ4n) is 1.22. The third-order valence-electron chi connectivity index (χ3n) is 2.01. The number of hydrogen-bond donors (Lipinski definition) is 1. The van der Waals surface area contributed by atoms with Gasteiger partial charge in [0.05, 0.1) is 6.61 Å². The van der Waals surface area contributed by atoms with E-state index in [1.54, 1.807) is 0 Å². The second kappa shape index (κ2) is 8.14. The average Bonchev–Trinajstić information content (AvgIpc) is 2.04. The molecule has 1 atom stereocenters. The zero-order valence-corrected chi connectivity index (χ0v) is 10.5. The molecule has 0 amide bonds. The van der Waals surface area contributed by atoms with E-state index in [1.807, 2.05) is 11.8 Å². The number of thioether (sulfide) groups is 1. The van der Waals surface area contributed by atoms with Crippen LogP contribution in [0.2, 0.25) is 13.1 Å². The summed E-state index contributed by atoms with van der Waals surface area (Å²) < 4.78 is 0. The molecule has 12 heavy (non-hydrogen) atoms. The van der Waals surface area contributed by atoms with E-state index in [9.17, 15) is 0 Å². The molecule has 74 valence electrons. The minimum atomic E-state index is -0.497. The fraction of sp³-hybridized carbons (Fsp3) is 1.00. The average molecular weight is 206 g/mol. The van der Waals surface area contributed by atoms with Crippen LogP contribution in [0.4, 0.5) is 0 Å². The van der Waals surface area contributed by atoms with Crippen LogP contribution in [0.3, 0.4) is 0 Å². The molecule has 0 saturated heterocycles. The summed E-state index contributed by atoms with van der Waals surface area (Å²) in [5.74, 6) is 0.930. The maximum absolute atomic E-state index is 8.72. The first-order valence-corrected chi connectivity index (χ1v) is 8.97. The van der Waals surface area contributed by atoms with Gasteiger partial charge in [-0.15, -0.1) is 0 Å². The molecule has 0 aromatic rings. The molecule has 1 unspecified atom stereocenters. The standard InChI is InChI=1S/C9H22OSSi/c1-4-5-6-9(12(2)3)11-8-7-10/h9-10,12H,4-8H2,1-3H3. The van der Waals surface area contributed by atoms with Gasteiger partial charge in [-0.1, -0.05) is 32.9 Å². The molecule has 1 nitrogen and oxygen atoms in total. The van der Waals surface area contributed by atoms with Gasteiger partial charge in [0.1, 0.15) is 0 Å². The van der Waals surface area contributed by atoms with Crippen molar-refractivity contribution < 1.29 is 5.11 Å². The van der Waals surface area contributed by atoms with Gasteiger partial charge in [0.25, 0.3) is 0 Å². The first-order valence-electron chi connectivity index (χ1n) is 4.94. The highest BCUT2D eigenvalue weighted by atomic mass is 32.2. The Morgan fingerprint density at radius 2 is 2.08 bits per heavy atom. The lowest BCUT2D eigenvalue weighted by molar-refractivity contribution is 0.322. The van der Waals surface area contributed by atoms with Gasteiger partial charge in [-0.3, -0.25) is 0 Å². The summed E-state index contributed by atoms with van der Waals surface area (Å²) in [6.45, 7) is 7.40. The van der Waals surface area contributed by atoms with Gasteiger partial charge in [-0.25, -0.2) is 0 Å². The maximum Gasteiger partial charge on any atom is 0.0521 e. The minimum Gasteiger partial charge on any atom is -0.396 e. The molecule has 0 rings (SSSR count). The molecule has 0 aliphatic rings. The molecule has 0 heterocycles. The van der Waals surface area contributed by atoms with Gasteiger partial charge in [0.15, 0.2) is 0 Å². The van der Waals surface area contributed by atoms with E-state index in [0.29, 0.717) is 6.61 Å². The molecule has 0 bridgehead atoms. The van der Waals surface area contributed by atoms with Crippen molar-refractivity contribution in [1.82, 2.24) is 0 Å². The van der Waals surface area contributed by atoms with Crippen LogP contribution in [0.1, 0.15) is 26.2 Å². The molecule has 1 N–H and O–H groups in total. The number of hydrogen-bond acceptors (Lipinski definition) is 2. The van der Waals surface area contributed by atoms with Crippen LogP contribution >= 0.6 is 11.8 Å². The fourth-order valence-corrected chi connectivity index (χ4v) is 4.81. The number of unbranched alkanes of at least 4 members (excludes halogenated alkanes) is 1. The Balaban J connectivity index is 3.55. The van der Waals surface area contributed by atoms with Crippen LogP contribution < -0.4 is 0 Å². The van der Waals surface area contributed by atoms with Gasteiger partial charge in [0, 0.05) is 14.5 Å². The Morgan fingerprint density at radius 3 is 2.50 bits per heavy atom. The predicted octanol–water partition coefficient (Wildman–Crippen LogP) is 2.30. The first kappa shape index (κ1) is 12.5. The van der Waals surface area contributed by atoms with E-state index in [-0.39, 0.29) is 0 Å². The van der Waals surface area contributed by atoms with Crippen LogP contribution in [0.15, 0.2) is 0 Å². The molecule has 3 heteroatoms. The zero-order valence-electron chi connectivity index (χ0n) is 8.55. The second-order valence-electron chi connectivity index (χ2n) is 3.52. The van der Waals surface area contributed by atoms with Gasteiger partial charge < -0.3 is 5.11 Å². The quantitative estimate of drug-likeness (QED) is 0.645. The van der Waals surface area contributed by atoms with Crippen LogP contribution in [0.5, 0.6) is 0 Å². The third-order valence-corrected chi connectivity index (χ3v) is 7.12. The molecular weight excluding hydrogens is 184 g/mol. The Kier molecular flexibility index (Phi) is 8.50. The minimum absolute atomic E-state index is 0.342. The number of rotatable bonds is 7. The summed E-state index contributed by atoms with van der Waals surface area (Å²) in [5, 5.41) is 8.72. The van der Waals surface area contributed by atoms with Gasteiger partial charge >= 0.3 is 0 Å². The van der Waals surface area contributed by atoms with Gasteiger partial charge in [-0.2, -0.15) is 11.8 Å². The number of aliphatic hydroxyl groups is 1. The van der Waals surface area contributed by atoms with E-state index in [1.165, 1.54) is 19.3 Å². The SMILES string of the molecule is CCCCC(SCCO)[SiH](C)C. The highest BCUT2D eigenvalue weighted by Gasteiger charge is 2.13. The van der Waals surface area contributed by atoms with E-state index < -0.39 is 8.80 Å². The molecule has 0 aliphatic carbocycles. The van der Waals surface area contributed by atoms with Crippen molar-refractivity contribution in [3.63, 3.8) is 0 Å². The summed E-state index contributed by atoms with van der Waals surface area (Å²) in [5.41, 5.74) is 0. The molecule has 0 radical (unpaired) electrons. The van der Waals surface area contributed by atoms with Gasteiger partial charge in [-0.05, 0) is 11.3 Å². The van der Waals surface area contributed by atoms with Crippen molar-refractivity contribution in [2.75, 3.05) is 12.4 Å². The Labute approximate surface area is 82.6 Å². The first-order chi connectivity index (χ1) is 5.72. The lowest BCUT2D eigenvalue weighted by Crippen LogP contribution is -2.21. The summed E-state index contributed by atoms with van der Waals surface area (Å²) in [6.07, 6.45) is 4.02. The highest BCUT2D eigenvalue weighted by Crippen LogP contribution is 2.19. The van der Waals surface area contributed by atoms with Crippen molar-refractivity contribution in [2.45, 2.75) is 44.2 Å². The number of aliphatic hydroxyl groups excluding tert-OH is 1. The molecule has 0 fully saturated rings. The molecule has 0 spiro atoms. The Hall–Kier alpha value is 0.527. The molecular formula is C9H22OSSi. The normalized spacial score (nSPS) is 13.8. The van der Waals surface area contributed by atoms with E-state index in [4.69, 9.17) is 5.11 Å². The topological polar surface area (TPSA) is 20.2 Å². The van der Waals surface area contributed by atoms with Crippen molar-refractivity contribution in [1.29, 1.82) is 0 Å². The summed E-state index contributed by atoms with van der Waals surface area (Å²) in [4.78, 5) is 0.886. The van der Waals surface area contributed by atoms with Crippen molar-refractivity contribution in [3.05, 3.63) is 0 Å². The zero-order chi connectivity index (χ0) is 9.40. The van der Waals surface area contributed by atoms with Crippen LogP contribution in [-0.4, -0.2) is 31.1 Å². The van der Waals surface area contributed by atoms with E-state index >= 15 is 0 Å². The highest BCUT2D eigenvalue weighted by molar-refractivity contribution is 8.01. The second-order valence-corrected chi connectivity index (χ2v) is 8.64. The summed E-state index contributed by atoms with van der Waals surface area (Å²) in [7, 11) is -0.497. The van der Waals surface area contributed by atoms with Crippen molar-refractivity contribution >= 4 is 20.6 Å². The maximum atomic E-state index is 8.72. The van der Waals surface area contributed by atoms with Crippen LogP contribution in [0, 0.1) is 0 Å². The largest absolute Gasteiger partial charge is 0.396 e. The smallest absolute Gasteiger partial charge is 0.0521 e. The lowest BCUT2D eigenvalue weighted by atomic mass is 10.3.